The molecule has 0 aliphatic heterocycles. The number of aliphatic imine (C=N–C) groups is 1. The van der Waals surface area contributed by atoms with Gasteiger partial charge in [0.05, 0.1) is 13.7 Å². The lowest BCUT2D eigenvalue weighted by molar-refractivity contribution is 0.275. The molecule has 0 bridgehead atoms. The summed E-state index contributed by atoms with van der Waals surface area (Å²) in [5.74, 6) is 0.949. The van der Waals surface area contributed by atoms with E-state index in [1.807, 2.05) is 12.1 Å². The second-order valence-electron chi connectivity index (χ2n) is 5.64. The van der Waals surface area contributed by atoms with Crippen LogP contribution in [0.3, 0.4) is 0 Å². The molecule has 3 N–H and O–H groups in total. The van der Waals surface area contributed by atoms with Crippen molar-refractivity contribution < 1.29 is 14.2 Å². The molecule has 0 saturated heterocycles. The van der Waals surface area contributed by atoms with Crippen molar-refractivity contribution in [3.05, 3.63) is 63.9 Å². The Balaban J connectivity index is 0.00000364. The van der Waals surface area contributed by atoms with E-state index in [0.717, 1.165) is 23.3 Å². The zero-order valence-electron chi connectivity index (χ0n) is 15.3. The molecule has 0 aliphatic rings. The van der Waals surface area contributed by atoms with Gasteiger partial charge in [0, 0.05) is 30.7 Å². The Labute approximate surface area is 181 Å². The van der Waals surface area contributed by atoms with Gasteiger partial charge in [-0.3, -0.25) is 4.99 Å². The Morgan fingerprint density at radius 3 is 2.59 bits per heavy atom. The van der Waals surface area contributed by atoms with Crippen molar-refractivity contribution in [2.45, 2.75) is 19.6 Å². The minimum absolute atomic E-state index is 0. The number of halogens is 3. The number of aliphatic hydroxyl groups excluding tert-OH is 1. The zero-order valence-corrected chi connectivity index (χ0v) is 18.3. The quantitative estimate of drug-likeness (QED) is 0.305. The molecule has 8 heteroatoms. The van der Waals surface area contributed by atoms with Crippen molar-refractivity contribution in [1.29, 1.82) is 0 Å². The Kier molecular flexibility index (Phi) is 10.4. The topological polar surface area (TPSA) is 65.9 Å². The second-order valence-corrected chi connectivity index (χ2v) is 6.05. The third-order valence-corrected chi connectivity index (χ3v) is 4.26. The van der Waals surface area contributed by atoms with Crippen molar-refractivity contribution in [1.82, 2.24) is 10.6 Å². The maximum absolute atomic E-state index is 13.4. The van der Waals surface area contributed by atoms with Gasteiger partial charge < -0.3 is 20.5 Å². The monoisotopic (exact) mass is 507 g/mol. The van der Waals surface area contributed by atoms with E-state index in [1.54, 1.807) is 32.4 Å². The van der Waals surface area contributed by atoms with E-state index in [-0.39, 0.29) is 36.1 Å². The summed E-state index contributed by atoms with van der Waals surface area (Å²) in [6.45, 7) is 0.794. The third-order valence-electron chi connectivity index (χ3n) is 3.91. The van der Waals surface area contributed by atoms with Gasteiger partial charge in [-0.05, 0) is 41.8 Å². The van der Waals surface area contributed by atoms with E-state index in [9.17, 15) is 4.39 Å². The van der Waals surface area contributed by atoms with Gasteiger partial charge in [0.2, 0.25) is 0 Å². The van der Waals surface area contributed by atoms with Crippen LogP contribution in [0.4, 0.5) is 4.39 Å². The van der Waals surface area contributed by atoms with Crippen LogP contribution in [0.5, 0.6) is 5.75 Å². The van der Waals surface area contributed by atoms with Gasteiger partial charge in [-0.2, -0.15) is 0 Å². The molecule has 148 valence electrons. The molecular formula is C19H24ClFIN3O2. The number of guanidine groups is 1. The van der Waals surface area contributed by atoms with Crippen molar-refractivity contribution in [2.24, 2.45) is 4.99 Å². The van der Waals surface area contributed by atoms with Gasteiger partial charge >= 0.3 is 0 Å². The molecule has 27 heavy (non-hydrogen) atoms. The maximum atomic E-state index is 13.4. The largest absolute Gasteiger partial charge is 0.497 e. The number of ether oxygens (including phenoxy) is 1. The SMILES string of the molecule is CN=C(NCCc1ccc(OC)cc1Cl)NCc1ccc(F)c(CO)c1.I. The highest BCUT2D eigenvalue weighted by atomic mass is 127. The molecule has 0 heterocycles. The van der Waals surface area contributed by atoms with Gasteiger partial charge in [-0.1, -0.05) is 23.7 Å². The van der Waals surface area contributed by atoms with E-state index in [1.165, 1.54) is 6.07 Å². The number of nitrogens with zero attached hydrogens (tertiary/aromatic N) is 1. The number of aliphatic hydroxyl groups is 1. The van der Waals surface area contributed by atoms with Crippen LogP contribution in [-0.4, -0.2) is 31.8 Å². The molecule has 0 spiro atoms. The highest BCUT2D eigenvalue weighted by Gasteiger charge is 2.05. The number of methoxy groups -OCH3 is 1. The van der Waals surface area contributed by atoms with Gasteiger partial charge in [0.15, 0.2) is 5.96 Å². The summed E-state index contributed by atoms with van der Waals surface area (Å²) < 4.78 is 18.5. The summed E-state index contributed by atoms with van der Waals surface area (Å²) >= 11 is 6.24. The molecule has 0 aromatic heterocycles. The second kappa shape index (κ2) is 12.0. The van der Waals surface area contributed by atoms with Gasteiger partial charge in [0.25, 0.3) is 0 Å². The minimum Gasteiger partial charge on any atom is -0.497 e. The molecule has 2 rings (SSSR count). The lowest BCUT2D eigenvalue weighted by atomic mass is 10.1. The fourth-order valence-corrected chi connectivity index (χ4v) is 2.70. The fourth-order valence-electron chi connectivity index (χ4n) is 2.44. The Hall–Kier alpha value is -1.58. The molecule has 0 amide bonds. The normalized spacial score (nSPS) is 10.9. The van der Waals surface area contributed by atoms with Crippen LogP contribution in [0.25, 0.3) is 0 Å². The van der Waals surface area contributed by atoms with Gasteiger partial charge in [0.1, 0.15) is 11.6 Å². The first kappa shape index (κ1) is 23.5. The third kappa shape index (κ3) is 7.15. The number of benzene rings is 2. The standard InChI is InChI=1S/C19H23ClFN3O2.HI/c1-22-19(24-11-13-3-6-18(21)15(9-13)12-25)23-8-7-14-4-5-16(26-2)10-17(14)20;/h3-6,9-10,25H,7-8,11-12H2,1-2H3,(H2,22,23,24);1H. The summed E-state index contributed by atoms with van der Waals surface area (Å²) in [6.07, 6.45) is 0.731. The first-order valence-electron chi connectivity index (χ1n) is 8.22. The minimum atomic E-state index is -0.407. The first-order valence-corrected chi connectivity index (χ1v) is 8.60. The summed E-state index contributed by atoms with van der Waals surface area (Å²) in [7, 11) is 3.28. The Morgan fingerprint density at radius 1 is 1.19 bits per heavy atom. The van der Waals surface area contributed by atoms with Crippen LogP contribution in [0.15, 0.2) is 41.4 Å². The molecule has 0 radical (unpaired) electrons. The summed E-state index contributed by atoms with van der Waals surface area (Å²) in [5, 5.41) is 16.2. The smallest absolute Gasteiger partial charge is 0.191 e. The van der Waals surface area contributed by atoms with Crippen LogP contribution < -0.4 is 15.4 Å². The highest BCUT2D eigenvalue weighted by molar-refractivity contribution is 14.0. The van der Waals surface area contributed by atoms with E-state index in [0.29, 0.717) is 24.1 Å². The van der Waals surface area contributed by atoms with Crippen molar-refractivity contribution in [3.8, 4) is 5.75 Å². The van der Waals surface area contributed by atoms with E-state index in [4.69, 9.17) is 21.4 Å². The van der Waals surface area contributed by atoms with Gasteiger partial charge in [-0.15, -0.1) is 24.0 Å². The lowest BCUT2D eigenvalue weighted by Crippen LogP contribution is -2.37. The summed E-state index contributed by atoms with van der Waals surface area (Å²) in [6, 6.07) is 10.3. The molecule has 2 aromatic rings. The number of nitrogens with one attached hydrogen (secondary N) is 2. The first-order chi connectivity index (χ1) is 12.6. The number of rotatable bonds is 7. The van der Waals surface area contributed by atoms with Crippen LogP contribution in [0.1, 0.15) is 16.7 Å². The van der Waals surface area contributed by atoms with Crippen molar-refractivity contribution >= 4 is 41.5 Å². The fraction of sp³-hybridized carbons (Fsp3) is 0.316. The Morgan fingerprint density at radius 2 is 1.96 bits per heavy atom. The Bertz CT molecular complexity index is 775. The van der Waals surface area contributed by atoms with Crippen LogP contribution >= 0.6 is 35.6 Å². The van der Waals surface area contributed by atoms with E-state index >= 15 is 0 Å². The average molecular weight is 508 g/mol. The molecule has 2 aromatic carbocycles. The predicted octanol–water partition coefficient (Wildman–Crippen LogP) is 3.51. The van der Waals surface area contributed by atoms with Crippen LogP contribution in [0.2, 0.25) is 5.02 Å². The molecule has 0 fully saturated rings. The van der Waals surface area contributed by atoms with Crippen LogP contribution in [-0.2, 0) is 19.6 Å². The van der Waals surface area contributed by atoms with E-state index < -0.39 is 5.82 Å². The molecule has 5 nitrogen and oxygen atoms in total. The molecule has 0 atom stereocenters. The van der Waals surface area contributed by atoms with E-state index in [2.05, 4.69) is 15.6 Å². The highest BCUT2D eigenvalue weighted by Crippen LogP contribution is 2.22. The maximum Gasteiger partial charge on any atom is 0.191 e. The van der Waals surface area contributed by atoms with Gasteiger partial charge in [-0.25, -0.2) is 4.39 Å². The lowest BCUT2D eigenvalue weighted by Gasteiger charge is -2.13. The number of hydrogen-bond donors (Lipinski definition) is 3. The molecule has 0 unspecified atom stereocenters. The summed E-state index contributed by atoms with van der Waals surface area (Å²) in [5.41, 5.74) is 2.15. The van der Waals surface area contributed by atoms with Crippen molar-refractivity contribution in [2.75, 3.05) is 20.7 Å². The van der Waals surface area contributed by atoms with Crippen molar-refractivity contribution in [3.63, 3.8) is 0 Å². The number of hydrogen-bond acceptors (Lipinski definition) is 3. The molecular weight excluding hydrogens is 484 g/mol. The average Bonchev–Trinajstić information content (AvgIpc) is 2.66. The summed E-state index contributed by atoms with van der Waals surface area (Å²) in [4.78, 5) is 4.16. The molecule has 0 saturated carbocycles. The zero-order chi connectivity index (χ0) is 18.9. The molecule has 0 aliphatic carbocycles. The predicted molar refractivity (Wildman–Crippen MR) is 118 cm³/mol. The van der Waals surface area contributed by atoms with Crippen LogP contribution in [0, 0.1) is 5.82 Å².